The van der Waals surface area contributed by atoms with Gasteiger partial charge in [0, 0.05) is 33.3 Å². The minimum Gasteiger partial charge on any atom is -0.466 e. The van der Waals surface area contributed by atoms with Gasteiger partial charge in [-0.3, -0.25) is 39.5 Å². The molecule has 11 heteroatoms. The molecule has 0 saturated heterocycles. The van der Waals surface area contributed by atoms with E-state index < -0.39 is 39.0 Å². The molecule has 0 bridgehead atoms. The second-order valence-corrected chi connectivity index (χ2v) is 4.94. The van der Waals surface area contributed by atoms with Crippen molar-refractivity contribution in [2.45, 2.75) is 27.2 Å². The lowest BCUT2D eigenvalue weighted by atomic mass is 10.0. The molecule has 1 rings (SSSR count). The number of nitro groups is 2. The van der Waals surface area contributed by atoms with Crippen LogP contribution in [-0.4, -0.2) is 34.2 Å². The van der Waals surface area contributed by atoms with Crippen LogP contribution in [0.5, 0.6) is 0 Å². The maximum absolute atomic E-state index is 11.8. The van der Waals surface area contributed by atoms with Crippen molar-refractivity contribution in [2.75, 3.05) is 11.5 Å². The maximum atomic E-state index is 11.8. The molecule has 0 saturated carbocycles. The molecule has 0 N–H and O–H groups in total. The zero-order chi connectivity index (χ0) is 19.3. The van der Waals surface area contributed by atoms with Crippen molar-refractivity contribution < 1.29 is 29.0 Å². The Kier molecular flexibility index (Phi) is 6.25. The number of benzene rings is 1. The van der Waals surface area contributed by atoms with E-state index >= 15 is 0 Å². The predicted molar refractivity (Wildman–Crippen MR) is 83.9 cm³/mol. The zero-order valence-electron chi connectivity index (χ0n) is 13.7. The van der Waals surface area contributed by atoms with Crippen molar-refractivity contribution in [1.82, 2.24) is 0 Å². The lowest BCUT2D eigenvalue weighted by molar-refractivity contribution is -0.394. The zero-order valence-corrected chi connectivity index (χ0v) is 13.7. The number of nitrogens with zero attached hydrogens (tertiary/aromatic N) is 3. The summed E-state index contributed by atoms with van der Waals surface area (Å²) in [5.74, 6) is -2.16. The lowest BCUT2D eigenvalue weighted by Crippen LogP contribution is -2.34. The largest absolute Gasteiger partial charge is 0.466 e. The smallest absolute Gasteiger partial charge is 0.302 e. The van der Waals surface area contributed by atoms with Crippen LogP contribution in [-0.2, 0) is 25.5 Å². The Hall–Kier alpha value is -3.37. The van der Waals surface area contributed by atoms with Gasteiger partial charge in [-0.1, -0.05) is 0 Å². The Morgan fingerprint density at radius 1 is 1.04 bits per heavy atom. The molecule has 134 valence electrons. The number of hydrogen-bond donors (Lipinski definition) is 0. The highest BCUT2D eigenvalue weighted by molar-refractivity contribution is 6.14. The third-order valence-electron chi connectivity index (χ3n) is 3.12. The number of rotatable bonds is 6. The van der Waals surface area contributed by atoms with E-state index in [2.05, 4.69) is 0 Å². The minimum atomic E-state index is -0.870. The van der Waals surface area contributed by atoms with Crippen molar-refractivity contribution in [3.8, 4) is 0 Å². The topological polar surface area (TPSA) is 150 Å². The van der Waals surface area contributed by atoms with Gasteiger partial charge in [-0.05, 0) is 0 Å². The third kappa shape index (κ3) is 4.80. The van der Waals surface area contributed by atoms with E-state index in [0.29, 0.717) is 4.90 Å². The fraction of sp³-hybridized carbons (Fsp3) is 0.357. The molecule has 0 heterocycles. The molecule has 0 unspecified atom stereocenters. The van der Waals surface area contributed by atoms with Crippen molar-refractivity contribution in [3.63, 3.8) is 0 Å². The lowest BCUT2D eigenvalue weighted by Gasteiger charge is -2.20. The molecule has 0 aliphatic rings. The number of ether oxygens (including phenoxy) is 1. The van der Waals surface area contributed by atoms with Crippen LogP contribution in [0, 0.1) is 20.2 Å². The molecule has 1 aromatic rings. The van der Waals surface area contributed by atoms with Crippen LogP contribution in [0.4, 0.5) is 17.1 Å². The fourth-order valence-corrected chi connectivity index (χ4v) is 2.21. The SMILES string of the molecule is CC(=O)OCCc1c(N(C(C)=O)C(C)=O)cc([N+](=O)[O-])cc1[N+](=O)[O-]. The van der Waals surface area contributed by atoms with Gasteiger partial charge in [-0.15, -0.1) is 0 Å². The van der Waals surface area contributed by atoms with E-state index in [1.807, 2.05) is 0 Å². The molecule has 0 aliphatic carbocycles. The van der Waals surface area contributed by atoms with Gasteiger partial charge in [0.25, 0.3) is 11.4 Å². The Morgan fingerprint density at radius 3 is 2.00 bits per heavy atom. The number of anilines is 1. The first-order valence-corrected chi connectivity index (χ1v) is 6.96. The molecule has 0 aromatic heterocycles. The summed E-state index contributed by atoms with van der Waals surface area (Å²) < 4.78 is 4.73. The van der Waals surface area contributed by atoms with Gasteiger partial charge in [0.2, 0.25) is 11.8 Å². The van der Waals surface area contributed by atoms with E-state index in [0.717, 1.165) is 32.9 Å². The van der Waals surface area contributed by atoms with Crippen molar-refractivity contribution >= 4 is 34.8 Å². The maximum Gasteiger partial charge on any atom is 0.302 e. The molecule has 11 nitrogen and oxygen atoms in total. The highest BCUT2D eigenvalue weighted by atomic mass is 16.6. The van der Waals surface area contributed by atoms with Crippen molar-refractivity contribution in [3.05, 3.63) is 37.9 Å². The Labute approximate surface area is 141 Å². The van der Waals surface area contributed by atoms with Crippen LogP contribution in [0.1, 0.15) is 26.3 Å². The Morgan fingerprint density at radius 2 is 1.60 bits per heavy atom. The highest BCUT2D eigenvalue weighted by Gasteiger charge is 2.30. The van der Waals surface area contributed by atoms with E-state index in [-0.39, 0.29) is 24.3 Å². The quantitative estimate of drug-likeness (QED) is 0.424. The number of non-ortho nitro benzene ring substituents is 1. The first-order chi connectivity index (χ1) is 11.6. The molecule has 1 aromatic carbocycles. The van der Waals surface area contributed by atoms with Gasteiger partial charge >= 0.3 is 5.97 Å². The molecule has 2 amide bonds. The Balaban J connectivity index is 3.63. The second-order valence-electron chi connectivity index (χ2n) is 4.94. The highest BCUT2D eigenvalue weighted by Crippen LogP contribution is 2.35. The fourth-order valence-electron chi connectivity index (χ4n) is 2.21. The summed E-state index contributed by atoms with van der Waals surface area (Å²) in [5.41, 5.74) is -1.70. The predicted octanol–water partition coefficient (Wildman–Crippen LogP) is 1.51. The summed E-state index contributed by atoms with van der Waals surface area (Å²) in [7, 11) is 0. The van der Waals surface area contributed by atoms with Crippen LogP contribution in [0.15, 0.2) is 12.1 Å². The van der Waals surface area contributed by atoms with Crippen LogP contribution in [0.2, 0.25) is 0 Å². The van der Waals surface area contributed by atoms with Gasteiger partial charge < -0.3 is 4.74 Å². The van der Waals surface area contributed by atoms with Crippen LogP contribution in [0.25, 0.3) is 0 Å². The molecule has 0 atom stereocenters. The van der Waals surface area contributed by atoms with Crippen molar-refractivity contribution in [1.29, 1.82) is 0 Å². The van der Waals surface area contributed by atoms with E-state index in [4.69, 9.17) is 4.74 Å². The number of nitro benzene ring substituents is 2. The number of carbonyl (C=O) groups is 3. The van der Waals surface area contributed by atoms with Crippen LogP contribution < -0.4 is 4.90 Å². The molecule has 25 heavy (non-hydrogen) atoms. The van der Waals surface area contributed by atoms with E-state index in [1.165, 1.54) is 0 Å². The van der Waals surface area contributed by atoms with Gasteiger partial charge in [0.15, 0.2) is 0 Å². The number of carbonyl (C=O) groups excluding carboxylic acids is 3. The van der Waals surface area contributed by atoms with Gasteiger partial charge in [0.1, 0.15) is 0 Å². The van der Waals surface area contributed by atoms with Gasteiger partial charge in [0.05, 0.1) is 33.8 Å². The summed E-state index contributed by atoms with van der Waals surface area (Å²) >= 11 is 0. The van der Waals surface area contributed by atoms with Gasteiger partial charge in [-0.2, -0.15) is 0 Å². The molecule has 0 fully saturated rings. The molecule has 0 aliphatic heterocycles. The summed E-state index contributed by atoms with van der Waals surface area (Å²) in [5, 5.41) is 22.3. The van der Waals surface area contributed by atoms with E-state index in [9.17, 15) is 34.6 Å². The summed E-state index contributed by atoms with van der Waals surface area (Å²) in [6.07, 6.45) is -0.208. The monoisotopic (exact) mass is 353 g/mol. The summed E-state index contributed by atoms with van der Waals surface area (Å²) in [6, 6.07) is 1.63. The Bertz CT molecular complexity index is 745. The normalized spacial score (nSPS) is 10.0. The summed E-state index contributed by atoms with van der Waals surface area (Å²) in [6.45, 7) is 2.97. The summed E-state index contributed by atoms with van der Waals surface area (Å²) in [4.78, 5) is 55.6. The standard InChI is InChI=1S/C14H15N3O8/c1-8(18)15(9(2)19)13-6-11(16(21)22)7-14(17(23)24)12(13)4-5-25-10(3)20/h6-7H,4-5H2,1-3H3. The number of esters is 1. The second kappa shape index (κ2) is 7.95. The number of amides is 2. The molecular weight excluding hydrogens is 338 g/mol. The van der Waals surface area contributed by atoms with Gasteiger partial charge in [-0.25, -0.2) is 0 Å². The van der Waals surface area contributed by atoms with E-state index in [1.54, 1.807) is 0 Å². The van der Waals surface area contributed by atoms with Crippen molar-refractivity contribution in [2.24, 2.45) is 0 Å². The van der Waals surface area contributed by atoms with Crippen LogP contribution in [0.3, 0.4) is 0 Å². The average Bonchev–Trinajstić information content (AvgIpc) is 2.46. The molecule has 0 radical (unpaired) electrons. The molecule has 0 spiro atoms. The first kappa shape index (κ1) is 19.7. The van der Waals surface area contributed by atoms with Crippen LogP contribution >= 0.6 is 0 Å². The minimum absolute atomic E-state index is 0.123. The third-order valence-corrected chi connectivity index (χ3v) is 3.12. The number of hydrogen-bond acceptors (Lipinski definition) is 8. The average molecular weight is 353 g/mol. The first-order valence-electron chi connectivity index (χ1n) is 6.96. The molecular formula is C14H15N3O8. The number of imide groups is 1.